The normalized spacial score (nSPS) is 26.4. The molecule has 0 unspecified atom stereocenters. The molecule has 1 saturated heterocycles. The van der Waals surface area contributed by atoms with Crippen LogP contribution in [-0.4, -0.2) is 15.7 Å². The number of aromatic amines is 1. The quantitative estimate of drug-likeness (QED) is 0.825. The van der Waals surface area contributed by atoms with E-state index in [0.717, 1.165) is 12.8 Å². The lowest BCUT2D eigenvalue weighted by molar-refractivity contribution is -0.0346. The molecule has 0 spiro atoms. The highest BCUT2D eigenvalue weighted by Gasteiger charge is 2.44. The largest absolute Gasteiger partial charge is 0.354 e. The van der Waals surface area contributed by atoms with E-state index < -0.39 is 0 Å². The highest BCUT2D eigenvalue weighted by molar-refractivity contribution is 7.71. The molecule has 0 radical (unpaired) electrons. The molecular weight excluding hydrogens is 296 g/mol. The third-order valence-electron chi connectivity index (χ3n) is 4.34. The van der Waals surface area contributed by atoms with Crippen molar-refractivity contribution in [3.8, 4) is 0 Å². The fourth-order valence-corrected chi connectivity index (χ4v) is 3.57. The molecule has 22 heavy (non-hydrogen) atoms. The molecule has 1 aromatic rings. The zero-order valence-corrected chi connectivity index (χ0v) is 15.3. The summed E-state index contributed by atoms with van der Waals surface area (Å²) < 4.78 is 8.41. The third-order valence-corrected chi connectivity index (χ3v) is 4.67. The topological polar surface area (TPSA) is 47.0 Å². The molecule has 0 saturated carbocycles. The van der Waals surface area contributed by atoms with Crippen LogP contribution in [0.3, 0.4) is 0 Å². The zero-order valence-electron chi connectivity index (χ0n) is 14.5. The predicted octanol–water partition coefficient (Wildman–Crippen LogP) is 4.29. The summed E-state index contributed by atoms with van der Waals surface area (Å²) >= 11 is 5.32. The van der Waals surface area contributed by atoms with Crippen molar-refractivity contribution < 1.29 is 4.74 Å². The van der Waals surface area contributed by atoms with Gasteiger partial charge in [0, 0.05) is 6.20 Å². The van der Waals surface area contributed by atoms with Gasteiger partial charge in [0.05, 0.1) is 6.10 Å². The van der Waals surface area contributed by atoms with Crippen LogP contribution in [0.25, 0.3) is 0 Å². The van der Waals surface area contributed by atoms with Crippen molar-refractivity contribution in [2.24, 2.45) is 16.7 Å². The number of ether oxygens (including phenoxy) is 1. The Morgan fingerprint density at radius 1 is 1.32 bits per heavy atom. The maximum atomic E-state index is 12.1. The van der Waals surface area contributed by atoms with Gasteiger partial charge < -0.3 is 9.72 Å². The molecule has 5 heteroatoms. The number of aromatic nitrogens is 2. The molecular formula is C17H28N2O2S. The smallest absolute Gasteiger partial charge is 0.328 e. The van der Waals surface area contributed by atoms with Crippen LogP contribution in [0.4, 0.5) is 0 Å². The Balaban J connectivity index is 2.35. The fourth-order valence-electron chi connectivity index (χ4n) is 3.30. The van der Waals surface area contributed by atoms with Crippen molar-refractivity contribution in [1.82, 2.24) is 9.55 Å². The Labute approximate surface area is 137 Å². The summed E-state index contributed by atoms with van der Waals surface area (Å²) in [5.41, 5.74) is 0.128. The summed E-state index contributed by atoms with van der Waals surface area (Å²) in [6, 6.07) is 1.74. The van der Waals surface area contributed by atoms with Crippen molar-refractivity contribution in [1.29, 1.82) is 0 Å². The molecule has 0 amide bonds. The first-order valence-corrected chi connectivity index (χ1v) is 8.35. The van der Waals surface area contributed by atoms with E-state index in [-0.39, 0.29) is 28.9 Å². The molecule has 1 N–H and O–H groups in total. The van der Waals surface area contributed by atoms with E-state index in [2.05, 4.69) is 46.5 Å². The average Bonchev–Trinajstić information content (AvgIpc) is 2.69. The van der Waals surface area contributed by atoms with Crippen molar-refractivity contribution in [3.05, 3.63) is 27.4 Å². The molecule has 0 aliphatic carbocycles. The van der Waals surface area contributed by atoms with Gasteiger partial charge in [0.25, 0.3) is 0 Å². The molecule has 1 aliphatic rings. The van der Waals surface area contributed by atoms with Crippen LogP contribution in [0, 0.1) is 21.4 Å². The molecule has 0 aromatic carbocycles. The predicted molar refractivity (Wildman–Crippen MR) is 91.4 cm³/mol. The molecule has 1 aromatic heterocycles. The second-order valence-electron chi connectivity index (χ2n) is 8.59. The van der Waals surface area contributed by atoms with Gasteiger partial charge >= 0.3 is 5.69 Å². The Morgan fingerprint density at radius 3 is 2.45 bits per heavy atom. The van der Waals surface area contributed by atoms with Gasteiger partial charge in [-0.2, -0.15) is 0 Å². The van der Waals surface area contributed by atoms with Gasteiger partial charge in [0.1, 0.15) is 10.9 Å². The lowest BCUT2D eigenvalue weighted by atomic mass is 9.73. The van der Waals surface area contributed by atoms with Crippen LogP contribution in [0.1, 0.15) is 60.6 Å². The van der Waals surface area contributed by atoms with Crippen LogP contribution in [0.5, 0.6) is 0 Å². The number of nitrogens with one attached hydrogen (secondary N) is 1. The lowest BCUT2D eigenvalue weighted by Crippen LogP contribution is -2.31. The van der Waals surface area contributed by atoms with Crippen LogP contribution < -0.4 is 5.69 Å². The Morgan fingerprint density at radius 2 is 1.95 bits per heavy atom. The summed E-state index contributed by atoms with van der Waals surface area (Å²) in [6.45, 7) is 13.4. The summed E-state index contributed by atoms with van der Waals surface area (Å²) in [5, 5.41) is 0. The van der Waals surface area contributed by atoms with Crippen molar-refractivity contribution in [2.45, 2.75) is 66.7 Å². The first-order chi connectivity index (χ1) is 9.99. The van der Waals surface area contributed by atoms with Gasteiger partial charge in [-0.15, -0.1) is 0 Å². The minimum atomic E-state index is -0.269. The summed E-state index contributed by atoms with van der Waals surface area (Å²) in [5.74, 6) is 0.401. The first kappa shape index (κ1) is 17.4. The van der Waals surface area contributed by atoms with Gasteiger partial charge in [0.2, 0.25) is 0 Å². The van der Waals surface area contributed by atoms with Gasteiger partial charge in [0.15, 0.2) is 0 Å². The van der Waals surface area contributed by atoms with Crippen LogP contribution in [0.15, 0.2) is 17.1 Å². The summed E-state index contributed by atoms with van der Waals surface area (Å²) in [7, 11) is 0. The van der Waals surface area contributed by atoms with E-state index in [0.29, 0.717) is 10.6 Å². The van der Waals surface area contributed by atoms with Gasteiger partial charge in [-0.25, -0.2) is 4.79 Å². The van der Waals surface area contributed by atoms with Gasteiger partial charge in [-0.3, -0.25) is 4.57 Å². The van der Waals surface area contributed by atoms with E-state index in [1.807, 2.05) is 0 Å². The van der Waals surface area contributed by atoms with Crippen LogP contribution >= 0.6 is 12.2 Å². The first-order valence-electron chi connectivity index (χ1n) is 7.95. The Hall–Kier alpha value is -0.940. The molecule has 0 bridgehead atoms. The summed E-state index contributed by atoms with van der Waals surface area (Å²) in [4.78, 5) is 14.8. The van der Waals surface area contributed by atoms with Crippen molar-refractivity contribution in [3.63, 3.8) is 0 Å². The maximum absolute atomic E-state index is 12.1. The third kappa shape index (κ3) is 3.87. The zero-order chi connectivity index (χ0) is 16.7. The second kappa shape index (κ2) is 5.93. The highest BCUT2D eigenvalue weighted by atomic mass is 32.1. The number of rotatable bonds is 2. The van der Waals surface area contributed by atoms with E-state index in [9.17, 15) is 4.79 Å². The monoisotopic (exact) mass is 324 g/mol. The fraction of sp³-hybridized carbons (Fsp3) is 0.765. The SMILES string of the molecule is CC(C)(C)C[C@H]1O[C@@H](n2c(=S)cc[nH]c2=O)C[C@H]1C(C)(C)C. The van der Waals surface area contributed by atoms with Crippen molar-refractivity contribution in [2.75, 3.05) is 0 Å². The van der Waals surface area contributed by atoms with Crippen LogP contribution in [-0.2, 0) is 4.74 Å². The summed E-state index contributed by atoms with van der Waals surface area (Å²) in [6.07, 6.45) is 3.26. The molecule has 124 valence electrons. The number of hydrogen-bond donors (Lipinski definition) is 1. The van der Waals surface area contributed by atoms with Gasteiger partial charge in [-0.05, 0) is 35.7 Å². The second-order valence-corrected chi connectivity index (χ2v) is 9.01. The molecule has 2 heterocycles. The number of hydrogen-bond acceptors (Lipinski definition) is 3. The lowest BCUT2D eigenvalue weighted by Gasteiger charge is -2.33. The Bertz CT molecular complexity index is 605. The molecule has 4 nitrogen and oxygen atoms in total. The minimum absolute atomic E-state index is 0.133. The van der Waals surface area contributed by atoms with E-state index in [1.54, 1.807) is 16.8 Å². The standard InChI is InChI=1S/C17H28N2O2S/c1-16(2,3)10-12-11(17(4,5)6)9-13(21-12)19-14(22)7-8-18-15(19)20/h7-8,11-13H,9-10H2,1-6H3,(H,18,20)/t11-,12-,13-/m1/s1. The highest BCUT2D eigenvalue weighted by Crippen LogP contribution is 2.46. The van der Waals surface area contributed by atoms with E-state index >= 15 is 0 Å². The van der Waals surface area contributed by atoms with E-state index in [1.165, 1.54) is 0 Å². The molecule has 1 fully saturated rings. The average molecular weight is 324 g/mol. The van der Waals surface area contributed by atoms with E-state index in [4.69, 9.17) is 17.0 Å². The Kier molecular flexibility index (Phi) is 4.69. The maximum Gasteiger partial charge on any atom is 0.328 e. The molecule has 2 rings (SSSR count). The van der Waals surface area contributed by atoms with Crippen molar-refractivity contribution >= 4 is 12.2 Å². The molecule has 1 aliphatic heterocycles. The van der Waals surface area contributed by atoms with Crippen LogP contribution in [0.2, 0.25) is 0 Å². The van der Waals surface area contributed by atoms with Gasteiger partial charge in [-0.1, -0.05) is 53.8 Å². The number of nitrogens with zero attached hydrogens (tertiary/aromatic N) is 1. The number of H-pyrrole nitrogens is 1. The molecule has 3 atom stereocenters. The minimum Gasteiger partial charge on any atom is -0.354 e.